The van der Waals surface area contributed by atoms with Gasteiger partial charge in [-0.1, -0.05) is 27.2 Å². The van der Waals surface area contributed by atoms with E-state index in [1.807, 2.05) is 20.8 Å². The number of carbonyl (C=O) groups is 1. The average molecular weight is 258 g/mol. The maximum atomic E-state index is 11.5. The van der Waals surface area contributed by atoms with E-state index in [-0.39, 0.29) is 12.0 Å². The number of nitrogens with one attached hydrogen (secondary N) is 1. The van der Waals surface area contributed by atoms with E-state index < -0.39 is 5.54 Å². The van der Waals surface area contributed by atoms with Crippen LogP contribution in [0.15, 0.2) is 0 Å². The molecule has 0 aliphatic rings. The normalized spacial score (nSPS) is 18.1. The van der Waals surface area contributed by atoms with Crippen LogP contribution in [0.2, 0.25) is 0 Å². The van der Waals surface area contributed by atoms with Crippen LogP contribution in [-0.4, -0.2) is 30.7 Å². The maximum Gasteiger partial charge on any atom is 0.237 e. The minimum absolute atomic E-state index is 0.0286. The lowest BCUT2D eigenvalue weighted by Gasteiger charge is -2.30. The summed E-state index contributed by atoms with van der Waals surface area (Å²) >= 11 is 0. The third kappa shape index (κ3) is 6.36. The van der Waals surface area contributed by atoms with E-state index in [1.165, 1.54) is 12.8 Å². The number of amides is 1. The van der Waals surface area contributed by atoms with Gasteiger partial charge in [0.05, 0.1) is 11.6 Å². The van der Waals surface area contributed by atoms with E-state index in [2.05, 4.69) is 19.2 Å². The van der Waals surface area contributed by atoms with Crippen LogP contribution in [-0.2, 0) is 9.53 Å². The smallest absolute Gasteiger partial charge is 0.237 e. The van der Waals surface area contributed by atoms with Crippen LogP contribution in [0.25, 0.3) is 0 Å². The fourth-order valence-corrected chi connectivity index (χ4v) is 2.19. The Bertz CT molecular complexity index is 246. The standard InChI is InChI=1S/C14H30N2O2/c1-6-8-11(3)10-18-12(4)9-14(5,13(15)17)16-7-2/h11-12,16H,6-10H2,1-5H3,(H2,15,17). The highest BCUT2D eigenvalue weighted by Gasteiger charge is 2.32. The summed E-state index contributed by atoms with van der Waals surface area (Å²) in [4.78, 5) is 11.5. The van der Waals surface area contributed by atoms with Gasteiger partial charge >= 0.3 is 0 Å². The first-order chi connectivity index (χ1) is 8.35. The first-order valence-electron chi connectivity index (χ1n) is 7.02. The number of likely N-dealkylation sites (N-methyl/N-ethyl adjacent to an activating group) is 1. The van der Waals surface area contributed by atoms with Crippen molar-refractivity contribution in [3.63, 3.8) is 0 Å². The molecule has 0 bridgehead atoms. The molecule has 0 fully saturated rings. The van der Waals surface area contributed by atoms with Crippen molar-refractivity contribution in [2.75, 3.05) is 13.2 Å². The van der Waals surface area contributed by atoms with Crippen LogP contribution in [0.1, 0.15) is 53.9 Å². The van der Waals surface area contributed by atoms with Crippen LogP contribution in [0.5, 0.6) is 0 Å². The number of carbonyl (C=O) groups excluding carboxylic acids is 1. The molecule has 0 radical (unpaired) electrons. The van der Waals surface area contributed by atoms with Gasteiger partial charge in [0, 0.05) is 13.0 Å². The Hall–Kier alpha value is -0.610. The third-order valence-electron chi connectivity index (χ3n) is 3.25. The molecule has 0 aliphatic carbocycles. The molecular weight excluding hydrogens is 228 g/mol. The fourth-order valence-electron chi connectivity index (χ4n) is 2.19. The lowest BCUT2D eigenvalue weighted by atomic mass is 9.93. The molecule has 4 nitrogen and oxygen atoms in total. The summed E-state index contributed by atoms with van der Waals surface area (Å²) in [6, 6.07) is 0. The summed E-state index contributed by atoms with van der Waals surface area (Å²) in [5, 5.41) is 3.15. The van der Waals surface area contributed by atoms with Gasteiger partial charge in [-0.25, -0.2) is 0 Å². The van der Waals surface area contributed by atoms with Crippen molar-refractivity contribution in [2.24, 2.45) is 11.7 Å². The third-order valence-corrected chi connectivity index (χ3v) is 3.25. The average Bonchev–Trinajstić information content (AvgIpc) is 2.27. The molecule has 0 saturated heterocycles. The summed E-state index contributed by atoms with van der Waals surface area (Å²) in [7, 11) is 0. The second-order valence-electron chi connectivity index (χ2n) is 5.47. The molecule has 0 aromatic heterocycles. The van der Waals surface area contributed by atoms with E-state index in [1.54, 1.807) is 0 Å². The van der Waals surface area contributed by atoms with Crippen LogP contribution < -0.4 is 11.1 Å². The van der Waals surface area contributed by atoms with Gasteiger partial charge in [-0.2, -0.15) is 0 Å². The zero-order valence-corrected chi connectivity index (χ0v) is 12.6. The molecule has 0 rings (SSSR count). The van der Waals surface area contributed by atoms with Gasteiger partial charge in [-0.05, 0) is 32.7 Å². The number of hydrogen-bond acceptors (Lipinski definition) is 3. The largest absolute Gasteiger partial charge is 0.378 e. The summed E-state index contributed by atoms with van der Waals surface area (Å²) in [5.74, 6) is 0.248. The van der Waals surface area contributed by atoms with E-state index in [4.69, 9.17) is 10.5 Å². The zero-order chi connectivity index (χ0) is 14.2. The summed E-state index contributed by atoms with van der Waals surface area (Å²) < 4.78 is 5.80. The molecule has 3 unspecified atom stereocenters. The van der Waals surface area contributed by atoms with Crippen LogP contribution >= 0.6 is 0 Å². The Kier molecular flexibility index (Phi) is 8.20. The summed E-state index contributed by atoms with van der Waals surface area (Å²) in [6.07, 6.45) is 2.98. The summed E-state index contributed by atoms with van der Waals surface area (Å²) in [5.41, 5.74) is 4.77. The Morgan fingerprint density at radius 1 is 1.39 bits per heavy atom. The van der Waals surface area contributed by atoms with Gasteiger partial charge < -0.3 is 15.8 Å². The molecule has 108 valence electrons. The van der Waals surface area contributed by atoms with Gasteiger partial charge in [0.15, 0.2) is 0 Å². The van der Waals surface area contributed by atoms with E-state index >= 15 is 0 Å². The molecule has 3 N–H and O–H groups in total. The number of nitrogens with two attached hydrogens (primary N) is 1. The monoisotopic (exact) mass is 258 g/mol. The lowest BCUT2D eigenvalue weighted by molar-refractivity contribution is -0.125. The Balaban J connectivity index is 4.18. The highest BCUT2D eigenvalue weighted by Crippen LogP contribution is 2.16. The molecular formula is C14H30N2O2. The first-order valence-corrected chi connectivity index (χ1v) is 7.02. The van der Waals surface area contributed by atoms with Crippen LogP contribution in [0, 0.1) is 5.92 Å². The van der Waals surface area contributed by atoms with Crippen molar-refractivity contribution in [1.29, 1.82) is 0 Å². The quantitative estimate of drug-likeness (QED) is 0.630. The van der Waals surface area contributed by atoms with Crippen molar-refractivity contribution in [1.82, 2.24) is 5.32 Å². The lowest BCUT2D eigenvalue weighted by Crippen LogP contribution is -2.54. The molecule has 0 heterocycles. The highest BCUT2D eigenvalue weighted by atomic mass is 16.5. The van der Waals surface area contributed by atoms with Gasteiger partial charge in [0.2, 0.25) is 5.91 Å². The molecule has 4 heteroatoms. The number of primary amides is 1. The van der Waals surface area contributed by atoms with E-state index in [9.17, 15) is 4.79 Å². The van der Waals surface area contributed by atoms with Crippen molar-refractivity contribution >= 4 is 5.91 Å². The molecule has 1 amide bonds. The zero-order valence-electron chi connectivity index (χ0n) is 12.6. The van der Waals surface area contributed by atoms with Gasteiger partial charge in [-0.15, -0.1) is 0 Å². The van der Waals surface area contributed by atoms with E-state index in [0.29, 0.717) is 12.3 Å². The minimum Gasteiger partial charge on any atom is -0.378 e. The Labute approximate surface area is 112 Å². The second-order valence-corrected chi connectivity index (χ2v) is 5.47. The predicted molar refractivity (Wildman–Crippen MR) is 75.4 cm³/mol. The second kappa shape index (κ2) is 8.48. The number of rotatable bonds is 10. The van der Waals surface area contributed by atoms with Crippen molar-refractivity contribution in [3.8, 4) is 0 Å². The molecule has 0 aromatic carbocycles. The van der Waals surface area contributed by atoms with Crippen molar-refractivity contribution in [3.05, 3.63) is 0 Å². The summed E-state index contributed by atoms with van der Waals surface area (Å²) in [6.45, 7) is 11.6. The predicted octanol–water partition coefficient (Wildman–Crippen LogP) is 2.07. The maximum absolute atomic E-state index is 11.5. The molecule has 0 spiro atoms. The minimum atomic E-state index is -0.678. The molecule has 0 aliphatic heterocycles. The molecule has 3 atom stereocenters. The number of ether oxygens (including phenoxy) is 1. The topological polar surface area (TPSA) is 64.3 Å². The first kappa shape index (κ1) is 17.4. The van der Waals surface area contributed by atoms with Gasteiger partial charge in [0.1, 0.15) is 0 Å². The Morgan fingerprint density at radius 2 is 2.00 bits per heavy atom. The molecule has 0 saturated carbocycles. The highest BCUT2D eigenvalue weighted by molar-refractivity contribution is 5.84. The van der Waals surface area contributed by atoms with Gasteiger partial charge in [0.25, 0.3) is 0 Å². The van der Waals surface area contributed by atoms with E-state index in [0.717, 1.165) is 13.2 Å². The van der Waals surface area contributed by atoms with Crippen molar-refractivity contribution < 1.29 is 9.53 Å². The molecule has 0 aromatic rings. The molecule has 18 heavy (non-hydrogen) atoms. The van der Waals surface area contributed by atoms with Gasteiger partial charge in [-0.3, -0.25) is 4.79 Å². The fraction of sp³-hybridized carbons (Fsp3) is 0.929. The number of hydrogen-bond donors (Lipinski definition) is 2. The van der Waals surface area contributed by atoms with Crippen molar-refractivity contribution in [2.45, 2.75) is 65.5 Å². The van der Waals surface area contributed by atoms with Crippen LogP contribution in [0.3, 0.4) is 0 Å². The Morgan fingerprint density at radius 3 is 2.44 bits per heavy atom. The SMILES string of the molecule is CCCC(C)COC(C)CC(C)(NCC)C(N)=O. The van der Waals surface area contributed by atoms with Crippen LogP contribution in [0.4, 0.5) is 0 Å².